The van der Waals surface area contributed by atoms with Crippen LogP contribution in [0.5, 0.6) is 0 Å². The summed E-state index contributed by atoms with van der Waals surface area (Å²) in [5.74, 6) is -0.284. The number of aliphatic carboxylic acids is 1. The third-order valence-corrected chi connectivity index (χ3v) is 4.63. The normalized spacial score (nSPS) is 15.8. The Morgan fingerprint density at radius 3 is 2.75 bits per heavy atom. The lowest BCUT2D eigenvalue weighted by molar-refractivity contribution is -0.134. The molecule has 0 saturated heterocycles. The summed E-state index contributed by atoms with van der Waals surface area (Å²) in [4.78, 5) is 24.9. The molecule has 20 heavy (non-hydrogen) atoms. The van der Waals surface area contributed by atoms with Gasteiger partial charge in [0.25, 0.3) is 0 Å². The molecular formula is C14H15NO3S2. The van der Waals surface area contributed by atoms with E-state index in [0.717, 1.165) is 0 Å². The summed E-state index contributed by atoms with van der Waals surface area (Å²) in [5.41, 5.74) is 0.990. The van der Waals surface area contributed by atoms with Crippen LogP contribution >= 0.6 is 23.5 Å². The van der Waals surface area contributed by atoms with E-state index in [1.54, 1.807) is 22.4 Å². The molecule has 6 heteroatoms. The largest absolute Gasteiger partial charge is 0.477 e. The van der Waals surface area contributed by atoms with Crippen LogP contribution in [-0.2, 0) is 4.79 Å². The maximum atomic E-state index is 12.1. The molecular weight excluding hydrogens is 294 g/mol. The van der Waals surface area contributed by atoms with Crippen molar-refractivity contribution >= 4 is 34.6 Å². The Balaban J connectivity index is 1.90. The molecule has 0 fully saturated rings. The highest BCUT2D eigenvalue weighted by Crippen LogP contribution is 2.26. The van der Waals surface area contributed by atoms with Crippen molar-refractivity contribution in [2.24, 2.45) is 0 Å². The molecule has 0 aliphatic carbocycles. The lowest BCUT2D eigenvalue weighted by Crippen LogP contribution is -2.30. The molecule has 1 aliphatic rings. The number of carboxylic acids is 1. The Labute approximate surface area is 126 Å². The van der Waals surface area contributed by atoms with Crippen LogP contribution in [0.15, 0.2) is 41.4 Å². The molecule has 1 heterocycles. The molecule has 1 unspecified atom stereocenters. The van der Waals surface area contributed by atoms with E-state index in [9.17, 15) is 9.59 Å². The van der Waals surface area contributed by atoms with Gasteiger partial charge in [0.05, 0.1) is 5.88 Å². The molecule has 4 nitrogen and oxygen atoms in total. The predicted molar refractivity (Wildman–Crippen MR) is 82.7 cm³/mol. The second kappa shape index (κ2) is 6.85. The SMILES string of the molecule is CC(CN1CSC=C1C(=O)O)SC(=O)c1ccccc1. The van der Waals surface area contributed by atoms with Crippen molar-refractivity contribution in [3.8, 4) is 0 Å². The van der Waals surface area contributed by atoms with Gasteiger partial charge in [-0.25, -0.2) is 4.79 Å². The summed E-state index contributed by atoms with van der Waals surface area (Å²) in [6.45, 7) is 2.49. The molecule has 1 aliphatic heterocycles. The summed E-state index contributed by atoms with van der Waals surface area (Å²) < 4.78 is 0. The molecule has 1 aromatic carbocycles. The fourth-order valence-corrected chi connectivity index (χ4v) is 3.66. The van der Waals surface area contributed by atoms with Crippen LogP contribution in [-0.4, -0.2) is 38.8 Å². The van der Waals surface area contributed by atoms with Crippen LogP contribution in [0.3, 0.4) is 0 Å². The molecule has 0 radical (unpaired) electrons. The highest BCUT2D eigenvalue weighted by Gasteiger charge is 2.24. The van der Waals surface area contributed by atoms with Crippen LogP contribution < -0.4 is 0 Å². The quantitative estimate of drug-likeness (QED) is 0.902. The van der Waals surface area contributed by atoms with Gasteiger partial charge in [0.2, 0.25) is 5.12 Å². The molecule has 0 bridgehead atoms. The van der Waals surface area contributed by atoms with Gasteiger partial charge in [-0.3, -0.25) is 4.79 Å². The second-order valence-corrected chi connectivity index (χ2v) is 6.65. The fourth-order valence-electron chi connectivity index (χ4n) is 1.86. The number of benzene rings is 1. The number of carbonyl (C=O) groups excluding carboxylic acids is 1. The molecule has 1 aromatic rings. The van der Waals surface area contributed by atoms with Gasteiger partial charge >= 0.3 is 5.97 Å². The molecule has 0 spiro atoms. The molecule has 1 atom stereocenters. The summed E-state index contributed by atoms with van der Waals surface area (Å²) >= 11 is 2.71. The zero-order chi connectivity index (χ0) is 14.5. The average molecular weight is 309 g/mol. The average Bonchev–Trinajstić information content (AvgIpc) is 2.87. The maximum absolute atomic E-state index is 12.1. The summed E-state index contributed by atoms with van der Waals surface area (Å²) in [5, 5.41) is 10.8. The van der Waals surface area contributed by atoms with Gasteiger partial charge in [-0.1, -0.05) is 49.0 Å². The van der Waals surface area contributed by atoms with Crippen LogP contribution in [0, 0.1) is 0 Å². The van der Waals surface area contributed by atoms with E-state index in [-0.39, 0.29) is 10.4 Å². The monoisotopic (exact) mass is 309 g/mol. The minimum atomic E-state index is -0.915. The zero-order valence-corrected chi connectivity index (χ0v) is 12.6. The Bertz CT molecular complexity index is 530. The number of rotatable bonds is 5. The highest BCUT2D eigenvalue weighted by atomic mass is 32.2. The molecule has 0 saturated carbocycles. The van der Waals surface area contributed by atoms with Crippen molar-refractivity contribution in [1.82, 2.24) is 4.90 Å². The Morgan fingerprint density at radius 2 is 2.10 bits per heavy atom. The van der Waals surface area contributed by atoms with Crippen molar-refractivity contribution in [1.29, 1.82) is 0 Å². The zero-order valence-electron chi connectivity index (χ0n) is 11.0. The summed E-state index contributed by atoms with van der Waals surface area (Å²) in [6, 6.07) is 9.12. The van der Waals surface area contributed by atoms with Gasteiger partial charge in [0, 0.05) is 22.8 Å². The van der Waals surface area contributed by atoms with Crippen LogP contribution in [0.25, 0.3) is 0 Å². The first-order chi connectivity index (χ1) is 9.58. The van der Waals surface area contributed by atoms with Gasteiger partial charge in [-0.2, -0.15) is 0 Å². The van der Waals surface area contributed by atoms with E-state index in [4.69, 9.17) is 5.11 Å². The Hall–Kier alpha value is -1.40. The smallest absolute Gasteiger partial charge is 0.352 e. The minimum Gasteiger partial charge on any atom is -0.477 e. The van der Waals surface area contributed by atoms with Crippen molar-refractivity contribution < 1.29 is 14.7 Å². The highest BCUT2D eigenvalue weighted by molar-refractivity contribution is 8.14. The third-order valence-electron chi connectivity index (χ3n) is 2.78. The van der Waals surface area contributed by atoms with Gasteiger partial charge in [-0.05, 0) is 0 Å². The number of carboxylic acid groups (broad SMARTS) is 1. The molecule has 0 aromatic heterocycles. The number of nitrogens with zero attached hydrogens (tertiary/aromatic N) is 1. The standard InChI is InChI=1S/C14H15NO3S2/c1-10(7-15-9-19-8-12(15)13(16)17)20-14(18)11-5-3-2-4-6-11/h2-6,8,10H,7,9H2,1H3,(H,16,17). The number of hydrogen-bond acceptors (Lipinski definition) is 5. The van der Waals surface area contributed by atoms with Crippen LogP contribution in [0.4, 0.5) is 0 Å². The van der Waals surface area contributed by atoms with E-state index in [0.29, 0.717) is 23.7 Å². The van der Waals surface area contributed by atoms with E-state index in [1.807, 2.05) is 25.1 Å². The lowest BCUT2D eigenvalue weighted by atomic mass is 10.2. The first kappa shape index (κ1) is 15.0. The number of thioether (sulfide) groups is 2. The van der Waals surface area contributed by atoms with Gasteiger partial charge in [0.15, 0.2) is 0 Å². The Morgan fingerprint density at radius 1 is 1.40 bits per heavy atom. The maximum Gasteiger partial charge on any atom is 0.352 e. The van der Waals surface area contributed by atoms with Gasteiger partial charge in [0.1, 0.15) is 5.70 Å². The topological polar surface area (TPSA) is 57.6 Å². The van der Waals surface area contributed by atoms with Crippen molar-refractivity contribution in [2.45, 2.75) is 12.2 Å². The van der Waals surface area contributed by atoms with Gasteiger partial charge in [-0.15, -0.1) is 11.8 Å². The first-order valence-corrected chi connectivity index (χ1v) is 8.07. The molecule has 1 N–H and O–H groups in total. The summed E-state index contributed by atoms with van der Waals surface area (Å²) in [7, 11) is 0. The van der Waals surface area contributed by atoms with E-state index in [2.05, 4.69) is 0 Å². The molecule has 0 amide bonds. The van der Waals surface area contributed by atoms with Crippen LogP contribution in [0.2, 0.25) is 0 Å². The molecule has 2 rings (SSSR count). The van der Waals surface area contributed by atoms with Gasteiger partial charge < -0.3 is 10.0 Å². The first-order valence-electron chi connectivity index (χ1n) is 6.14. The fraction of sp³-hybridized carbons (Fsp3) is 0.286. The number of hydrogen-bond donors (Lipinski definition) is 1. The number of carbonyl (C=O) groups is 2. The predicted octanol–water partition coefficient (Wildman–Crippen LogP) is 2.88. The van der Waals surface area contributed by atoms with Crippen molar-refractivity contribution in [3.63, 3.8) is 0 Å². The Kier molecular flexibility index (Phi) is 5.14. The van der Waals surface area contributed by atoms with E-state index < -0.39 is 5.97 Å². The second-order valence-electron chi connectivity index (χ2n) is 4.41. The third kappa shape index (κ3) is 3.80. The lowest BCUT2D eigenvalue weighted by Gasteiger charge is -2.22. The van der Waals surface area contributed by atoms with Crippen molar-refractivity contribution in [2.75, 3.05) is 12.4 Å². The van der Waals surface area contributed by atoms with Crippen molar-refractivity contribution in [3.05, 3.63) is 47.0 Å². The van der Waals surface area contributed by atoms with E-state index >= 15 is 0 Å². The van der Waals surface area contributed by atoms with Crippen LogP contribution in [0.1, 0.15) is 17.3 Å². The van der Waals surface area contributed by atoms with E-state index in [1.165, 1.54) is 23.5 Å². The minimum absolute atomic E-state index is 0.0193. The molecule has 106 valence electrons. The summed E-state index contributed by atoms with van der Waals surface area (Å²) in [6.07, 6.45) is 0.